The molecule has 2 rings (SSSR count). The van der Waals surface area contributed by atoms with Crippen molar-refractivity contribution in [3.05, 3.63) is 29.8 Å². The summed E-state index contributed by atoms with van der Waals surface area (Å²) >= 11 is 0. The monoisotopic (exact) mass is 306 g/mol. The van der Waals surface area contributed by atoms with E-state index in [-0.39, 0.29) is 6.03 Å². The minimum absolute atomic E-state index is 0.245. The zero-order valence-corrected chi connectivity index (χ0v) is 13.2. The van der Waals surface area contributed by atoms with Gasteiger partial charge in [0.2, 0.25) is 0 Å². The van der Waals surface area contributed by atoms with Crippen LogP contribution in [0.2, 0.25) is 0 Å². The fourth-order valence-electron chi connectivity index (χ4n) is 2.87. The normalized spacial score (nSPS) is 16.8. The van der Waals surface area contributed by atoms with Gasteiger partial charge in [-0.2, -0.15) is 0 Å². The first-order valence-electron chi connectivity index (χ1n) is 8.01. The van der Waals surface area contributed by atoms with Gasteiger partial charge in [-0.25, -0.2) is 4.79 Å². The van der Waals surface area contributed by atoms with Gasteiger partial charge in [0.25, 0.3) is 0 Å². The average molecular weight is 306 g/mol. The second kappa shape index (κ2) is 8.63. The Morgan fingerprint density at radius 3 is 2.55 bits per heavy atom. The molecule has 1 unspecified atom stereocenters. The van der Waals surface area contributed by atoms with Gasteiger partial charge in [-0.1, -0.05) is 31.4 Å². The van der Waals surface area contributed by atoms with E-state index < -0.39 is 6.10 Å². The van der Waals surface area contributed by atoms with Crippen LogP contribution < -0.4 is 15.4 Å². The number of amides is 2. The van der Waals surface area contributed by atoms with Crippen LogP contribution in [0.4, 0.5) is 4.79 Å². The molecule has 0 spiro atoms. The highest BCUT2D eigenvalue weighted by Crippen LogP contribution is 2.26. The molecule has 0 radical (unpaired) electrons. The summed E-state index contributed by atoms with van der Waals surface area (Å²) in [6.45, 7) is 0.772. The van der Waals surface area contributed by atoms with Crippen LogP contribution >= 0.6 is 0 Å². The third kappa shape index (κ3) is 5.22. The number of aliphatic hydroxyl groups is 1. The summed E-state index contributed by atoms with van der Waals surface area (Å²) in [5, 5.41) is 15.6. The maximum atomic E-state index is 11.8. The van der Waals surface area contributed by atoms with E-state index in [1.54, 1.807) is 7.11 Å². The van der Waals surface area contributed by atoms with Crippen molar-refractivity contribution in [2.45, 2.75) is 44.8 Å². The lowest BCUT2D eigenvalue weighted by Gasteiger charge is -2.26. The lowest BCUT2D eigenvalue weighted by molar-refractivity contribution is 0.0858. The number of nitrogens with one attached hydrogen (secondary N) is 2. The van der Waals surface area contributed by atoms with Crippen molar-refractivity contribution in [3.63, 3.8) is 0 Å². The Labute approximate surface area is 132 Å². The highest BCUT2D eigenvalue weighted by atomic mass is 16.5. The molecular weight excluding hydrogens is 280 g/mol. The molecule has 22 heavy (non-hydrogen) atoms. The molecule has 1 saturated carbocycles. The van der Waals surface area contributed by atoms with Crippen molar-refractivity contribution in [3.8, 4) is 5.75 Å². The maximum Gasteiger partial charge on any atom is 0.315 e. The van der Waals surface area contributed by atoms with Gasteiger partial charge in [-0.05, 0) is 36.5 Å². The van der Waals surface area contributed by atoms with Crippen molar-refractivity contribution in [2.75, 3.05) is 13.7 Å². The molecule has 1 fully saturated rings. The van der Waals surface area contributed by atoms with E-state index >= 15 is 0 Å². The number of benzene rings is 1. The second-order valence-electron chi connectivity index (χ2n) is 5.88. The van der Waals surface area contributed by atoms with Gasteiger partial charge in [-0.15, -0.1) is 0 Å². The van der Waals surface area contributed by atoms with E-state index in [4.69, 9.17) is 4.74 Å². The lowest BCUT2D eigenvalue weighted by Crippen LogP contribution is -2.41. The Hall–Kier alpha value is -1.75. The molecule has 0 aromatic heterocycles. The molecule has 0 saturated heterocycles. The van der Waals surface area contributed by atoms with Gasteiger partial charge in [0.1, 0.15) is 5.75 Å². The Kier molecular flexibility index (Phi) is 6.52. The summed E-state index contributed by atoms with van der Waals surface area (Å²) in [5.41, 5.74) is 1.00. The quantitative estimate of drug-likeness (QED) is 0.756. The molecule has 5 nitrogen and oxygen atoms in total. The summed E-state index contributed by atoms with van der Waals surface area (Å²) in [5.74, 6) is 1.12. The highest BCUT2D eigenvalue weighted by molar-refractivity contribution is 5.73. The van der Waals surface area contributed by atoms with Crippen LogP contribution in [-0.4, -0.2) is 30.9 Å². The number of hydrogen-bond donors (Lipinski definition) is 3. The first-order chi connectivity index (χ1) is 10.7. The third-order valence-electron chi connectivity index (χ3n) is 4.28. The molecule has 1 aromatic rings. The minimum atomic E-state index is -0.438. The number of aliphatic hydroxyl groups excluding tert-OH is 1. The average Bonchev–Trinajstić information content (AvgIpc) is 2.59. The summed E-state index contributed by atoms with van der Waals surface area (Å²) in [6, 6.07) is 7.31. The number of carbonyl (C=O) groups is 1. The van der Waals surface area contributed by atoms with Gasteiger partial charge in [0, 0.05) is 13.1 Å². The van der Waals surface area contributed by atoms with Crippen LogP contribution in [0.1, 0.15) is 37.7 Å². The Morgan fingerprint density at radius 1 is 1.23 bits per heavy atom. The molecule has 2 amide bonds. The highest BCUT2D eigenvalue weighted by Gasteiger charge is 2.21. The van der Waals surface area contributed by atoms with Gasteiger partial charge in [-0.3, -0.25) is 0 Å². The summed E-state index contributed by atoms with van der Waals surface area (Å²) in [7, 11) is 1.62. The smallest absolute Gasteiger partial charge is 0.315 e. The lowest BCUT2D eigenvalue weighted by atomic mass is 9.85. The molecule has 122 valence electrons. The van der Waals surface area contributed by atoms with Gasteiger partial charge < -0.3 is 20.5 Å². The van der Waals surface area contributed by atoms with Gasteiger partial charge in [0.05, 0.1) is 13.2 Å². The van der Waals surface area contributed by atoms with E-state index in [0.717, 1.165) is 24.2 Å². The third-order valence-corrected chi connectivity index (χ3v) is 4.28. The standard InChI is InChI=1S/C17H26N2O3/c1-22-15-9-7-13(8-10-15)11-18-17(21)19-12-16(20)14-5-3-2-4-6-14/h7-10,14,16,20H,2-6,11-12H2,1H3,(H2,18,19,21). The zero-order chi connectivity index (χ0) is 15.8. The van der Waals surface area contributed by atoms with Crippen molar-refractivity contribution in [2.24, 2.45) is 5.92 Å². The topological polar surface area (TPSA) is 70.6 Å². The van der Waals surface area contributed by atoms with E-state index in [1.807, 2.05) is 24.3 Å². The van der Waals surface area contributed by atoms with Crippen molar-refractivity contribution in [1.82, 2.24) is 10.6 Å². The fraction of sp³-hybridized carbons (Fsp3) is 0.588. The van der Waals surface area contributed by atoms with Crippen LogP contribution in [-0.2, 0) is 6.54 Å². The van der Waals surface area contributed by atoms with Crippen molar-refractivity contribution in [1.29, 1.82) is 0 Å². The Morgan fingerprint density at radius 2 is 1.91 bits per heavy atom. The summed E-state index contributed by atoms with van der Waals surface area (Å²) in [6.07, 6.45) is 5.33. The molecule has 1 aromatic carbocycles. The molecule has 1 aliphatic rings. The van der Waals surface area contributed by atoms with Crippen LogP contribution in [0, 0.1) is 5.92 Å². The van der Waals surface area contributed by atoms with Crippen molar-refractivity contribution < 1.29 is 14.6 Å². The van der Waals surface area contributed by atoms with Crippen LogP contribution in [0.25, 0.3) is 0 Å². The number of carbonyl (C=O) groups excluding carboxylic acids is 1. The first kappa shape index (κ1) is 16.6. The Bertz CT molecular complexity index is 455. The molecule has 5 heteroatoms. The number of methoxy groups -OCH3 is 1. The number of rotatable bonds is 6. The van der Waals surface area contributed by atoms with E-state index in [2.05, 4.69) is 10.6 Å². The largest absolute Gasteiger partial charge is 0.497 e. The van der Waals surface area contributed by atoms with Gasteiger partial charge >= 0.3 is 6.03 Å². The zero-order valence-electron chi connectivity index (χ0n) is 13.2. The van der Waals surface area contributed by atoms with E-state index in [9.17, 15) is 9.90 Å². The fourth-order valence-corrected chi connectivity index (χ4v) is 2.87. The van der Waals surface area contributed by atoms with Crippen LogP contribution in [0.15, 0.2) is 24.3 Å². The maximum absolute atomic E-state index is 11.8. The number of hydrogen-bond acceptors (Lipinski definition) is 3. The summed E-state index contributed by atoms with van der Waals surface area (Å²) < 4.78 is 5.09. The predicted octanol–water partition coefficient (Wildman–Crippen LogP) is 2.44. The summed E-state index contributed by atoms with van der Waals surface area (Å²) in [4.78, 5) is 11.8. The molecule has 0 aliphatic heterocycles. The second-order valence-corrected chi connectivity index (χ2v) is 5.88. The SMILES string of the molecule is COc1ccc(CNC(=O)NCC(O)C2CCCCC2)cc1. The molecule has 1 aliphatic carbocycles. The number of ether oxygens (including phenoxy) is 1. The molecular formula is C17H26N2O3. The molecule has 0 heterocycles. The van der Waals surface area contributed by atoms with Crippen molar-refractivity contribution >= 4 is 6.03 Å². The molecule has 0 bridgehead atoms. The van der Waals surface area contributed by atoms with E-state index in [0.29, 0.717) is 19.0 Å². The first-order valence-corrected chi connectivity index (χ1v) is 8.01. The predicted molar refractivity (Wildman–Crippen MR) is 85.8 cm³/mol. The van der Waals surface area contributed by atoms with Crippen LogP contribution in [0.5, 0.6) is 5.75 Å². The molecule has 3 N–H and O–H groups in total. The van der Waals surface area contributed by atoms with Gasteiger partial charge in [0.15, 0.2) is 0 Å². The van der Waals surface area contributed by atoms with Crippen LogP contribution in [0.3, 0.4) is 0 Å². The minimum Gasteiger partial charge on any atom is -0.497 e. The molecule has 1 atom stereocenters. The van der Waals surface area contributed by atoms with E-state index in [1.165, 1.54) is 19.3 Å². The number of urea groups is 1. The Balaban J connectivity index is 1.66.